The second-order valence-corrected chi connectivity index (χ2v) is 7.91. The molecule has 3 aromatic rings. The Hall–Kier alpha value is -4.20. The third-order valence-electron chi connectivity index (χ3n) is 5.89. The van der Waals surface area contributed by atoms with Gasteiger partial charge >= 0.3 is 0 Å². The molecule has 2 heterocycles. The van der Waals surface area contributed by atoms with E-state index in [-0.39, 0.29) is 17.9 Å². The maximum atomic E-state index is 13.2. The van der Waals surface area contributed by atoms with Gasteiger partial charge in [-0.2, -0.15) is 0 Å². The molecule has 1 aromatic heterocycles. The minimum Gasteiger partial charge on any atom is -0.503 e. The van der Waals surface area contributed by atoms with Crippen molar-refractivity contribution >= 4 is 11.7 Å². The summed E-state index contributed by atoms with van der Waals surface area (Å²) < 4.78 is 21.5. The lowest BCUT2D eigenvalue weighted by Crippen LogP contribution is -2.33. The molecule has 0 unspecified atom stereocenters. The lowest BCUT2D eigenvalue weighted by molar-refractivity contribution is -0.129. The van der Waals surface area contributed by atoms with Crippen molar-refractivity contribution in [1.82, 2.24) is 4.90 Å². The summed E-state index contributed by atoms with van der Waals surface area (Å²) in [5, 5.41) is 10.8. The smallest absolute Gasteiger partial charge is 0.290 e. The Balaban J connectivity index is 1.67. The second-order valence-electron chi connectivity index (χ2n) is 7.91. The predicted octanol–water partition coefficient (Wildman–Crippen LogP) is 4.52. The van der Waals surface area contributed by atoms with Crippen LogP contribution in [-0.2, 0) is 11.2 Å². The molecule has 35 heavy (non-hydrogen) atoms. The lowest BCUT2D eigenvalue weighted by atomic mass is 9.95. The highest BCUT2D eigenvalue weighted by Gasteiger charge is 2.44. The molecular formula is C27H27NO7. The van der Waals surface area contributed by atoms with E-state index in [0.717, 1.165) is 5.56 Å². The maximum absolute atomic E-state index is 13.2. The van der Waals surface area contributed by atoms with Crippen LogP contribution in [0.4, 0.5) is 0 Å². The summed E-state index contributed by atoms with van der Waals surface area (Å²) in [5.74, 6) is 0.189. The first-order chi connectivity index (χ1) is 17.0. The van der Waals surface area contributed by atoms with Crippen molar-refractivity contribution in [2.24, 2.45) is 0 Å². The normalized spacial score (nSPS) is 15.5. The number of nitrogens with zero attached hydrogens (tertiary/aromatic N) is 1. The SMILES string of the molecule is CCOc1ccc([C@@H]2C(C(=O)c3ccco3)=C(O)C(=O)N2CCc2ccc(OC)c(OC)c2)cc1. The third-order valence-corrected chi connectivity index (χ3v) is 5.89. The Labute approximate surface area is 203 Å². The van der Waals surface area contributed by atoms with Gasteiger partial charge in [-0.1, -0.05) is 18.2 Å². The van der Waals surface area contributed by atoms with Gasteiger partial charge in [0.15, 0.2) is 23.0 Å². The first kappa shape index (κ1) is 23.9. The summed E-state index contributed by atoms with van der Waals surface area (Å²) in [5.41, 5.74) is 1.57. The molecule has 4 rings (SSSR count). The van der Waals surface area contributed by atoms with Crippen molar-refractivity contribution in [3.8, 4) is 17.2 Å². The largest absolute Gasteiger partial charge is 0.503 e. The number of ketones is 1. The molecule has 0 aliphatic carbocycles. The highest BCUT2D eigenvalue weighted by molar-refractivity contribution is 6.15. The van der Waals surface area contributed by atoms with Crippen LogP contribution in [0.3, 0.4) is 0 Å². The van der Waals surface area contributed by atoms with Crippen molar-refractivity contribution in [1.29, 1.82) is 0 Å². The van der Waals surface area contributed by atoms with E-state index < -0.39 is 23.5 Å². The van der Waals surface area contributed by atoms with Gasteiger partial charge < -0.3 is 28.6 Å². The van der Waals surface area contributed by atoms with Crippen LogP contribution in [0.2, 0.25) is 0 Å². The fourth-order valence-corrected chi connectivity index (χ4v) is 4.20. The molecule has 1 aliphatic heterocycles. The van der Waals surface area contributed by atoms with Crippen LogP contribution in [0, 0.1) is 0 Å². The molecule has 0 radical (unpaired) electrons. The standard InChI is InChI=1S/C27H27NO7/c1-4-34-19-10-8-18(9-11-19)24-23(25(29)21-6-5-15-35-21)26(30)27(31)28(24)14-13-17-7-12-20(32-2)22(16-17)33-3/h5-12,15-16,24,30H,4,13-14H2,1-3H3/t24-/m1/s1. The van der Waals surface area contributed by atoms with E-state index in [1.54, 1.807) is 50.6 Å². The molecule has 8 heteroatoms. The van der Waals surface area contributed by atoms with E-state index in [1.807, 2.05) is 19.1 Å². The number of hydrogen-bond donors (Lipinski definition) is 1. The number of aliphatic hydroxyl groups is 1. The number of methoxy groups -OCH3 is 2. The quantitative estimate of drug-likeness (QED) is 0.429. The number of furan rings is 1. The molecule has 1 N–H and O–H groups in total. The average Bonchev–Trinajstić information content (AvgIpc) is 3.50. The van der Waals surface area contributed by atoms with Gasteiger partial charge in [-0.05, 0) is 60.9 Å². The summed E-state index contributed by atoms with van der Waals surface area (Å²) in [7, 11) is 3.12. The number of Topliss-reactive ketones (excluding diaryl/α,β-unsaturated/α-hetero) is 1. The molecule has 0 saturated heterocycles. The fourth-order valence-electron chi connectivity index (χ4n) is 4.20. The van der Waals surface area contributed by atoms with Gasteiger partial charge in [0.1, 0.15) is 5.75 Å². The Morgan fingerprint density at radius 2 is 1.80 bits per heavy atom. The van der Waals surface area contributed by atoms with Crippen molar-refractivity contribution in [3.05, 3.63) is 89.1 Å². The summed E-state index contributed by atoms with van der Waals surface area (Å²) in [4.78, 5) is 27.9. The van der Waals surface area contributed by atoms with Crippen LogP contribution < -0.4 is 14.2 Å². The third kappa shape index (κ3) is 4.73. The van der Waals surface area contributed by atoms with Crippen LogP contribution >= 0.6 is 0 Å². The predicted molar refractivity (Wildman–Crippen MR) is 128 cm³/mol. The molecule has 0 saturated carbocycles. The van der Waals surface area contributed by atoms with E-state index in [0.29, 0.717) is 35.8 Å². The van der Waals surface area contributed by atoms with Gasteiger partial charge in [0.25, 0.3) is 5.91 Å². The molecule has 0 fully saturated rings. The van der Waals surface area contributed by atoms with Crippen LogP contribution in [0.5, 0.6) is 17.2 Å². The van der Waals surface area contributed by atoms with Crippen LogP contribution in [0.1, 0.15) is 34.6 Å². The number of carbonyl (C=O) groups excluding carboxylic acids is 2. The Kier molecular flexibility index (Phi) is 7.10. The number of hydrogen-bond acceptors (Lipinski definition) is 7. The number of rotatable bonds is 10. The molecule has 8 nitrogen and oxygen atoms in total. The number of ether oxygens (including phenoxy) is 3. The van der Waals surface area contributed by atoms with Gasteiger partial charge in [-0.25, -0.2) is 0 Å². The monoisotopic (exact) mass is 477 g/mol. The molecule has 2 aromatic carbocycles. The summed E-state index contributed by atoms with van der Waals surface area (Å²) in [6, 6.07) is 15.0. The highest BCUT2D eigenvalue weighted by Crippen LogP contribution is 2.40. The molecule has 0 bridgehead atoms. The lowest BCUT2D eigenvalue weighted by Gasteiger charge is -2.27. The zero-order chi connectivity index (χ0) is 24.9. The van der Waals surface area contributed by atoms with Crippen LogP contribution in [-0.4, -0.2) is 49.1 Å². The summed E-state index contributed by atoms with van der Waals surface area (Å²) in [6.45, 7) is 2.66. The van der Waals surface area contributed by atoms with Crippen molar-refractivity contribution in [2.75, 3.05) is 27.4 Å². The molecule has 1 amide bonds. The van der Waals surface area contributed by atoms with E-state index >= 15 is 0 Å². The molecule has 1 atom stereocenters. The maximum Gasteiger partial charge on any atom is 0.290 e. The first-order valence-electron chi connectivity index (χ1n) is 11.2. The van der Waals surface area contributed by atoms with Gasteiger partial charge in [0.2, 0.25) is 5.78 Å². The topological polar surface area (TPSA) is 98.4 Å². The summed E-state index contributed by atoms with van der Waals surface area (Å²) >= 11 is 0. The molecule has 1 aliphatic rings. The Morgan fingerprint density at radius 1 is 1.06 bits per heavy atom. The van der Waals surface area contributed by atoms with Crippen molar-refractivity contribution < 1.29 is 33.3 Å². The minimum atomic E-state index is -0.782. The average molecular weight is 478 g/mol. The van der Waals surface area contributed by atoms with E-state index in [1.165, 1.54) is 17.2 Å². The van der Waals surface area contributed by atoms with Crippen molar-refractivity contribution in [3.63, 3.8) is 0 Å². The minimum absolute atomic E-state index is 0.0126. The number of benzene rings is 2. The van der Waals surface area contributed by atoms with Crippen LogP contribution in [0.25, 0.3) is 0 Å². The van der Waals surface area contributed by atoms with Crippen molar-refractivity contribution in [2.45, 2.75) is 19.4 Å². The summed E-state index contributed by atoms with van der Waals surface area (Å²) in [6.07, 6.45) is 1.84. The van der Waals surface area contributed by atoms with Gasteiger partial charge in [-0.15, -0.1) is 0 Å². The fraction of sp³-hybridized carbons (Fsp3) is 0.259. The molecule has 182 valence electrons. The number of amides is 1. The van der Waals surface area contributed by atoms with E-state index in [4.69, 9.17) is 18.6 Å². The number of aliphatic hydroxyl groups excluding tert-OH is 1. The molecule has 0 spiro atoms. The van der Waals surface area contributed by atoms with Gasteiger partial charge in [-0.3, -0.25) is 9.59 Å². The Bertz CT molecular complexity index is 1230. The van der Waals surface area contributed by atoms with E-state index in [9.17, 15) is 14.7 Å². The zero-order valence-electron chi connectivity index (χ0n) is 19.8. The molecular weight excluding hydrogens is 450 g/mol. The van der Waals surface area contributed by atoms with E-state index in [2.05, 4.69) is 0 Å². The van der Waals surface area contributed by atoms with Gasteiger partial charge in [0.05, 0.1) is 38.7 Å². The number of carbonyl (C=O) groups is 2. The van der Waals surface area contributed by atoms with Crippen LogP contribution in [0.15, 0.2) is 76.6 Å². The first-order valence-corrected chi connectivity index (χ1v) is 11.2. The zero-order valence-corrected chi connectivity index (χ0v) is 19.8. The Morgan fingerprint density at radius 3 is 2.43 bits per heavy atom. The second kappa shape index (κ2) is 10.4. The van der Waals surface area contributed by atoms with Gasteiger partial charge in [0, 0.05) is 6.54 Å². The highest BCUT2D eigenvalue weighted by atomic mass is 16.5.